The largest absolute Gasteiger partial charge is 0.339 e. The molecular formula is C17H23N5O2. The van der Waals surface area contributed by atoms with Gasteiger partial charge in [-0.25, -0.2) is 4.68 Å². The molecule has 0 spiro atoms. The zero-order chi connectivity index (χ0) is 17.1. The SMILES string of the molecule is CC(C)CN1CCN(C(=O)Cn2nnc3ccccc3c2=O)CC1. The van der Waals surface area contributed by atoms with Gasteiger partial charge in [0.15, 0.2) is 0 Å². The van der Waals surface area contributed by atoms with Gasteiger partial charge in [-0.15, -0.1) is 5.10 Å². The van der Waals surface area contributed by atoms with E-state index in [2.05, 4.69) is 29.1 Å². The Morgan fingerprint density at radius 1 is 1.17 bits per heavy atom. The van der Waals surface area contributed by atoms with Gasteiger partial charge in [0.25, 0.3) is 5.56 Å². The van der Waals surface area contributed by atoms with Crippen LogP contribution in [0.25, 0.3) is 10.9 Å². The van der Waals surface area contributed by atoms with Crippen molar-refractivity contribution in [2.75, 3.05) is 32.7 Å². The van der Waals surface area contributed by atoms with Crippen LogP contribution in [-0.4, -0.2) is 63.4 Å². The van der Waals surface area contributed by atoms with E-state index in [0.717, 1.165) is 24.3 Å². The molecule has 1 aromatic carbocycles. The Labute approximate surface area is 140 Å². The number of carbonyl (C=O) groups is 1. The Morgan fingerprint density at radius 2 is 1.88 bits per heavy atom. The third kappa shape index (κ3) is 3.62. The van der Waals surface area contributed by atoms with Gasteiger partial charge in [0.05, 0.1) is 5.39 Å². The first-order valence-corrected chi connectivity index (χ1v) is 8.37. The maximum absolute atomic E-state index is 12.5. The van der Waals surface area contributed by atoms with E-state index in [1.165, 1.54) is 0 Å². The van der Waals surface area contributed by atoms with E-state index in [9.17, 15) is 9.59 Å². The molecule has 7 nitrogen and oxygen atoms in total. The van der Waals surface area contributed by atoms with Crippen LogP contribution in [0.1, 0.15) is 13.8 Å². The van der Waals surface area contributed by atoms with E-state index in [1.54, 1.807) is 23.1 Å². The second kappa shape index (κ2) is 7.09. The lowest BCUT2D eigenvalue weighted by Crippen LogP contribution is -2.50. The van der Waals surface area contributed by atoms with Crippen LogP contribution in [0.2, 0.25) is 0 Å². The third-order valence-electron chi connectivity index (χ3n) is 4.26. The first-order chi connectivity index (χ1) is 11.5. The monoisotopic (exact) mass is 329 g/mol. The third-order valence-corrected chi connectivity index (χ3v) is 4.26. The molecule has 1 aliphatic heterocycles. The van der Waals surface area contributed by atoms with E-state index >= 15 is 0 Å². The molecule has 1 aliphatic rings. The fraction of sp³-hybridized carbons (Fsp3) is 0.529. The number of piperazine rings is 1. The van der Waals surface area contributed by atoms with E-state index in [0.29, 0.717) is 29.9 Å². The van der Waals surface area contributed by atoms with Crippen LogP contribution < -0.4 is 5.56 Å². The number of rotatable bonds is 4. The van der Waals surface area contributed by atoms with Crippen molar-refractivity contribution < 1.29 is 4.79 Å². The van der Waals surface area contributed by atoms with Crippen molar-refractivity contribution in [2.24, 2.45) is 5.92 Å². The van der Waals surface area contributed by atoms with Gasteiger partial charge in [0.2, 0.25) is 5.91 Å². The molecule has 1 saturated heterocycles. The molecule has 0 radical (unpaired) electrons. The van der Waals surface area contributed by atoms with Crippen LogP contribution in [0.4, 0.5) is 0 Å². The van der Waals surface area contributed by atoms with Crippen molar-refractivity contribution in [1.82, 2.24) is 24.8 Å². The van der Waals surface area contributed by atoms with Crippen LogP contribution in [0, 0.1) is 5.92 Å². The summed E-state index contributed by atoms with van der Waals surface area (Å²) in [7, 11) is 0. The van der Waals surface area contributed by atoms with Gasteiger partial charge in [0, 0.05) is 32.7 Å². The van der Waals surface area contributed by atoms with Crippen LogP contribution in [0.15, 0.2) is 29.1 Å². The second-order valence-electron chi connectivity index (χ2n) is 6.64. The van der Waals surface area contributed by atoms with Crippen molar-refractivity contribution in [1.29, 1.82) is 0 Å². The molecule has 0 unspecified atom stereocenters. The standard InChI is InChI=1S/C17H23N5O2/c1-13(2)11-20-7-9-21(10-8-20)16(23)12-22-17(24)14-5-3-4-6-15(14)18-19-22/h3-6,13H,7-12H2,1-2H3. The van der Waals surface area contributed by atoms with Crippen LogP contribution in [-0.2, 0) is 11.3 Å². The number of nitrogens with zero attached hydrogens (tertiary/aromatic N) is 5. The quantitative estimate of drug-likeness (QED) is 0.821. The minimum absolute atomic E-state index is 0.0547. The summed E-state index contributed by atoms with van der Waals surface area (Å²) in [4.78, 5) is 29.0. The molecule has 1 fully saturated rings. The lowest BCUT2D eigenvalue weighted by Gasteiger charge is -2.35. The molecule has 1 amide bonds. The summed E-state index contributed by atoms with van der Waals surface area (Å²) >= 11 is 0. The highest BCUT2D eigenvalue weighted by atomic mass is 16.2. The molecule has 0 aliphatic carbocycles. The zero-order valence-electron chi connectivity index (χ0n) is 14.2. The minimum atomic E-state index is -0.271. The molecule has 2 aromatic rings. The second-order valence-corrected chi connectivity index (χ2v) is 6.64. The number of aromatic nitrogens is 3. The number of hydrogen-bond donors (Lipinski definition) is 0. The number of fused-ring (bicyclic) bond motifs is 1. The Bertz CT molecular complexity index is 778. The van der Waals surface area contributed by atoms with Crippen molar-refractivity contribution in [3.8, 4) is 0 Å². The van der Waals surface area contributed by atoms with E-state index in [4.69, 9.17) is 0 Å². The van der Waals surface area contributed by atoms with Crippen molar-refractivity contribution in [3.05, 3.63) is 34.6 Å². The molecule has 7 heteroatoms. The predicted molar refractivity (Wildman–Crippen MR) is 91.7 cm³/mol. The summed E-state index contributed by atoms with van der Waals surface area (Å²) in [5.41, 5.74) is 0.279. The molecule has 1 aromatic heterocycles. The number of benzene rings is 1. The number of hydrogen-bond acceptors (Lipinski definition) is 5. The van der Waals surface area contributed by atoms with Crippen molar-refractivity contribution in [3.63, 3.8) is 0 Å². The van der Waals surface area contributed by atoms with E-state index < -0.39 is 0 Å². The summed E-state index contributed by atoms with van der Waals surface area (Å²) in [6, 6.07) is 7.04. The highest BCUT2D eigenvalue weighted by Crippen LogP contribution is 2.07. The summed E-state index contributed by atoms with van der Waals surface area (Å²) in [6.45, 7) is 8.54. The Kier molecular flexibility index (Phi) is 4.89. The Hall–Kier alpha value is -2.28. The van der Waals surface area contributed by atoms with Gasteiger partial charge in [0.1, 0.15) is 12.1 Å². The molecule has 128 valence electrons. The smallest absolute Gasteiger partial charge is 0.278 e. The molecule has 0 bridgehead atoms. The van der Waals surface area contributed by atoms with Gasteiger partial charge >= 0.3 is 0 Å². The van der Waals surface area contributed by atoms with Crippen molar-refractivity contribution >= 4 is 16.8 Å². The maximum Gasteiger partial charge on any atom is 0.278 e. The topological polar surface area (TPSA) is 71.3 Å². The summed E-state index contributed by atoms with van der Waals surface area (Å²) in [5.74, 6) is 0.546. The normalized spacial score (nSPS) is 16.0. The van der Waals surface area contributed by atoms with E-state index in [-0.39, 0.29) is 18.0 Å². The lowest BCUT2D eigenvalue weighted by atomic mass is 10.2. The highest BCUT2D eigenvalue weighted by molar-refractivity contribution is 5.78. The molecule has 24 heavy (non-hydrogen) atoms. The number of amides is 1. The van der Waals surface area contributed by atoms with Crippen molar-refractivity contribution in [2.45, 2.75) is 20.4 Å². The molecule has 0 N–H and O–H groups in total. The molecule has 2 heterocycles. The van der Waals surface area contributed by atoms with Crippen LogP contribution in [0.5, 0.6) is 0 Å². The zero-order valence-corrected chi connectivity index (χ0v) is 14.2. The van der Waals surface area contributed by atoms with Crippen LogP contribution >= 0.6 is 0 Å². The summed E-state index contributed by atoms with van der Waals surface area (Å²) in [5, 5.41) is 8.40. The molecule has 3 rings (SSSR count). The fourth-order valence-electron chi connectivity index (χ4n) is 3.05. The average Bonchev–Trinajstić information content (AvgIpc) is 2.57. The summed E-state index contributed by atoms with van der Waals surface area (Å²) < 4.78 is 1.16. The predicted octanol–water partition coefficient (Wildman–Crippen LogP) is 0.592. The van der Waals surface area contributed by atoms with Crippen LogP contribution in [0.3, 0.4) is 0 Å². The molecule has 0 saturated carbocycles. The average molecular weight is 329 g/mol. The fourth-order valence-corrected chi connectivity index (χ4v) is 3.05. The van der Waals surface area contributed by atoms with Gasteiger partial charge in [-0.1, -0.05) is 31.2 Å². The Balaban J connectivity index is 1.66. The first kappa shape index (κ1) is 16.6. The van der Waals surface area contributed by atoms with E-state index in [1.807, 2.05) is 6.07 Å². The Morgan fingerprint density at radius 3 is 2.58 bits per heavy atom. The summed E-state index contributed by atoms with van der Waals surface area (Å²) in [6.07, 6.45) is 0. The first-order valence-electron chi connectivity index (χ1n) is 8.37. The molecular weight excluding hydrogens is 306 g/mol. The molecule has 0 atom stereocenters. The minimum Gasteiger partial charge on any atom is -0.339 e. The van der Waals surface area contributed by atoms with Gasteiger partial charge in [-0.05, 0) is 18.1 Å². The highest BCUT2D eigenvalue weighted by Gasteiger charge is 2.22. The lowest BCUT2D eigenvalue weighted by molar-refractivity contribution is -0.133. The maximum atomic E-state index is 12.5. The van der Waals surface area contributed by atoms with Gasteiger partial charge < -0.3 is 4.90 Å². The van der Waals surface area contributed by atoms with Gasteiger partial charge in [-0.2, -0.15) is 0 Å². The number of carbonyl (C=O) groups excluding carboxylic acids is 1. The van der Waals surface area contributed by atoms with Gasteiger partial charge in [-0.3, -0.25) is 14.5 Å².